The molecular weight excluding hydrogens is 430 g/mol. The summed E-state index contributed by atoms with van der Waals surface area (Å²) in [5, 5.41) is 14.3. The van der Waals surface area contributed by atoms with Crippen molar-refractivity contribution in [1.82, 2.24) is 24.5 Å². The zero-order valence-corrected chi connectivity index (χ0v) is 17.2. The first kappa shape index (κ1) is 19.3. The van der Waals surface area contributed by atoms with E-state index < -0.39 is 17.9 Å². The summed E-state index contributed by atoms with van der Waals surface area (Å²) in [7, 11) is 0. The van der Waals surface area contributed by atoms with Crippen molar-refractivity contribution in [2.24, 2.45) is 11.5 Å². The highest BCUT2D eigenvalue weighted by atomic mass is 32.2. The van der Waals surface area contributed by atoms with Crippen LogP contribution >= 0.6 is 23.5 Å². The predicted octanol–water partition coefficient (Wildman–Crippen LogP) is -0.615. The van der Waals surface area contributed by atoms with E-state index in [-0.39, 0.29) is 22.8 Å². The minimum atomic E-state index is -1.13. The van der Waals surface area contributed by atoms with Crippen LogP contribution in [-0.4, -0.2) is 70.3 Å². The third-order valence-electron chi connectivity index (χ3n) is 5.39. The lowest BCUT2D eigenvalue weighted by atomic mass is 10.0. The zero-order valence-electron chi connectivity index (χ0n) is 15.6. The van der Waals surface area contributed by atoms with Crippen LogP contribution in [0.4, 0.5) is 0 Å². The molecule has 30 heavy (non-hydrogen) atoms. The summed E-state index contributed by atoms with van der Waals surface area (Å²) in [5.41, 5.74) is 13.7. The fraction of sp³-hybridized carbons (Fsp3) is 0.412. The van der Waals surface area contributed by atoms with Crippen LogP contribution in [0, 0.1) is 0 Å². The van der Waals surface area contributed by atoms with Crippen molar-refractivity contribution >= 4 is 47.1 Å². The molecule has 1 saturated heterocycles. The largest absolute Gasteiger partial charge is 0.477 e. The van der Waals surface area contributed by atoms with Crippen LogP contribution in [0.5, 0.6) is 0 Å². The summed E-state index contributed by atoms with van der Waals surface area (Å²) in [6.07, 6.45) is 2.52. The van der Waals surface area contributed by atoms with Gasteiger partial charge in [0, 0.05) is 17.1 Å². The van der Waals surface area contributed by atoms with E-state index in [1.807, 2.05) is 0 Å². The van der Waals surface area contributed by atoms with Gasteiger partial charge in [-0.3, -0.25) is 14.5 Å². The smallest absolute Gasteiger partial charge is 0.352 e. The Morgan fingerprint density at radius 1 is 1.30 bits per heavy atom. The number of aromatic nitrogens is 4. The quantitative estimate of drug-likeness (QED) is 0.305. The normalized spacial score (nSPS) is 22.8. The number of carboxylic acids is 1. The molecule has 2 amide bonds. The Bertz CT molecular complexity index is 1160. The number of hydrogen-bond acceptors (Lipinski definition) is 9. The van der Waals surface area contributed by atoms with Crippen LogP contribution in [0.1, 0.15) is 28.3 Å². The first-order valence-corrected chi connectivity index (χ1v) is 11.3. The van der Waals surface area contributed by atoms with Crippen molar-refractivity contribution in [2.75, 3.05) is 11.5 Å². The fourth-order valence-electron chi connectivity index (χ4n) is 3.98. The lowest BCUT2D eigenvalue weighted by Gasteiger charge is -2.48. The van der Waals surface area contributed by atoms with Gasteiger partial charge in [-0.1, -0.05) is 0 Å². The highest BCUT2D eigenvalue weighted by Gasteiger charge is 2.51. The zero-order chi connectivity index (χ0) is 21.2. The molecule has 2 aromatic rings. The summed E-state index contributed by atoms with van der Waals surface area (Å²) in [4.78, 5) is 45.4. The van der Waals surface area contributed by atoms with E-state index in [4.69, 9.17) is 11.5 Å². The van der Waals surface area contributed by atoms with Gasteiger partial charge in [-0.2, -0.15) is 4.98 Å². The van der Waals surface area contributed by atoms with Gasteiger partial charge in [0.1, 0.15) is 22.1 Å². The Morgan fingerprint density at radius 3 is 2.83 bits per heavy atom. The molecular formula is C17H17N7O4S2. The second-order valence-corrected chi connectivity index (χ2v) is 9.26. The monoisotopic (exact) mass is 447 g/mol. The summed E-state index contributed by atoms with van der Waals surface area (Å²) in [6.45, 7) is 0. The van der Waals surface area contributed by atoms with E-state index in [1.54, 1.807) is 4.52 Å². The average Bonchev–Trinajstić information content (AvgIpc) is 3.37. The highest BCUT2D eigenvalue weighted by molar-refractivity contribution is 8.01. The number of rotatable bonds is 5. The number of primary amides is 1. The van der Waals surface area contributed by atoms with E-state index >= 15 is 0 Å². The number of carbonyl (C=O) groups is 3. The van der Waals surface area contributed by atoms with Gasteiger partial charge in [-0.25, -0.2) is 14.3 Å². The highest BCUT2D eigenvalue weighted by Crippen LogP contribution is 2.41. The second-order valence-electron chi connectivity index (χ2n) is 7.19. The first-order chi connectivity index (χ1) is 14.4. The van der Waals surface area contributed by atoms with Crippen LogP contribution in [0.3, 0.4) is 0 Å². The average molecular weight is 448 g/mol. The Hall–Kier alpha value is -2.64. The summed E-state index contributed by atoms with van der Waals surface area (Å²) in [5.74, 6) is -1.16. The number of hydrogen-bond donors (Lipinski definition) is 3. The van der Waals surface area contributed by atoms with Crippen LogP contribution in [0.15, 0.2) is 16.3 Å². The van der Waals surface area contributed by atoms with Gasteiger partial charge < -0.3 is 16.6 Å². The Labute approximate surface area is 178 Å². The molecule has 0 unspecified atom stereocenters. The van der Waals surface area contributed by atoms with Crippen molar-refractivity contribution in [3.8, 4) is 0 Å². The maximum absolute atomic E-state index is 12.1. The summed E-state index contributed by atoms with van der Waals surface area (Å²) >= 11 is 2.87. The lowest BCUT2D eigenvalue weighted by molar-refractivity contribution is -0.147. The van der Waals surface area contributed by atoms with Crippen LogP contribution in [0.25, 0.3) is 5.78 Å². The Morgan fingerprint density at radius 2 is 2.10 bits per heavy atom. The third kappa shape index (κ3) is 2.80. The Balaban J connectivity index is 1.48. The molecule has 5 rings (SSSR count). The molecule has 0 bridgehead atoms. The minimum absolute atomic E-state index is 0.0224. The van der Waals surface area contributed by atoms with Gasteiger partial charge in [0.05, 0.1) is 5.69 Å². The molecule has 13 heteroatoms. The van der Waals surface area contributed by atoms with Crippen LogP contribution < -0.4 is 11.5 Å². The number of nitrogens with zero attached hydrogens (tertiary/aromatic N) is 5. The SMILES string of the molecule is NC(=O)c1nc2nc(SCC3=C(C(=O)O)N4C(=O)[C@@H](N)[C@H]4SC3)c3c(n2n1)CCC3. The van der Waals surface area contributed by atoms with Gasteiger partial charge >= 0.3 is 5.97 Å². The lowest BCUT2D eigenvalue weighted by Crippen LogP contribution is -2.68. The predicted molar refractivity (Wildman–Crippen MR) is 108 cm³/mol. The molecule has 156 valence electrons. The molecule has 1 fully saturated rings. The van der Waals surface area contributed by atoms with Gasteiger partial charge in [-0.05, 0) is 24.8 Å². The number of amides is 2. The molecule has 2 atom stereocenters. The maximum Gasteiger partial charge on any atom is 0.352 e. The number of aliphatic carboxylic acids is 1. The maximum atomic E-state index is 12.1. The molecule has 4 heterocycles. The van der Waals surface area contributed by atoms with Crippen molar-refractivity contribution in [1.29, 1.82) is 0 Å². The van der Waals surface area contributed by atoms with Crippen molar-refractivity contribution in [2.45, 2.75) is 35.7 Å². The summed E-state index contributed by atoms with van der Waals surface area (Å²) in [6, 6.07) is -0.654. The molecule has 2 aliphatic heterocycles. The van der Waals surface area contributed by atoms with Gasteiger partial charge in [0.15, 0.2) is 0 Å². The molecule has 0 radical (unpaired) electrons. The number of fused-ring (bicyclic) bond motifs is 4. The number of aryl methyl sites for hydroxylation is 1. The second kappa shape index (κ2) is 6.96. The molecule has 2 aromatic heterocycles. The van der Waals surface area contributed by atoms with Gasteiger partial charge in [-0.15, -0.1) is 28.6 Å². The molecule has 11 nitrogen and oxygen atoms in total. The van der Waals surface area contributed by atoms with E-state index in [1.165, 1.54) is 28.4 Å². The van der Waals surface area contributed by atoms with Crippen molar-refractivity contribution < 1.29 is 19.5 Å². The molecule has 0 aromatic carbocycles. The number of nitrogens with two attached hydrogens (primary N) is 2. The first-order valence-electron chi connectivity index (χ1n) is 9.23. The fourth-order valence-corrected chi connectivity index (χ4v) is 6.49. The number of thioether (sulfide) groups is 2. The number of β-lactam (4-membered cyclic amide) rings is 1. The number of carbonyl (C=O) groups excluding carboxylic acids is 2. The minimum Gasteiger partial charge on any atom is -0.477 e. The van der Waals surface area contributed by atoms with E-state index in [0.717, 1.165) is 35.5 Å². The number of carboxylic acid groups (broad SMARTS) is 1. The summed E-state index contributed by atoms with van der Waals surface area (Å²) < 4.78 is 1.57. The van der Waals surface area contributed by atoms with E-state index in [9.17, 15) is 19.5 Å². The van der Waals surface area contributed by atoms with Gasteiger partial charge in [0.25, 0.3) is 11.7 Å². The van der Waals surface area contributed by atoms with E-state index in [2.05, 4.69) is 15.1 Å². The molecule has 0 spiro atoms. The standard InChI is InChI=1S/C17H17N7O4S2/c18-9-14(26)23-10(16(27)28)6(5-30-15(9)23)4-29-13-7-2-1-3-8(7)24-17(21-13)20-12(22-24)11(19)25/h9,15H,1-5,18H2,(H2,19,25)(H,27,28)/t9-,15-/m1/s1. The molecule has 0 saturated carbocycles. The van der Waals surface area contributed by atoms with Gasteiger partial charge in [0.2, 0.25) is 11.7 Å². The van der Waals surface area contributed by atoms with Crippen molar-refractivity contribution in [3.63, 3.8) is 0 Å². The Kier molecular flexibility index (Phi) is 4.48. The molecule has 3 aliphatic rings. The van der Waals surface area contributed by atoms with Crippen LogP contribution in [0.2, 0.25) is 0 Å². The topological polar surface area (TPSA) is 170 Å². The molecule has 5 N–H and O–H groups in total. The van der Waals surface area contributed by atoms with E-state index in [0.29, 0.717) is 22.9 Å². The van der Waals surface area contributed by atoms with Crippen LogP contribution in [-0.2, 0) is 22.4 Å². The van der Waals surface area contributed by atoms with Crippen molar-refractivity contribution in [3.05, 3.63) is 28.4 Å². The third-order valence-corrected chi connectivity index (χ3v) is 7.85. The molecule has 1 aliphatic carbocycles.